The number of aromatic amines is 1. The fourth-order valence-corrected chi connectivity index (χ4v) is 2.52. The molecule has 0 aromatic carbocycles. The molecule has 0 saturated heterocycles. The number of carbonyl (C=O) groups excluding carboxylic acids is 1. The van der Waals surface area contributed by atoms with Crippen molar-refractivity contribution in [1.82, 2.24) is 15.3 Å². The molecule has 1 amide bonds. The summed E-state index contributed by atoms with van der Waals surface area (Å²) in [5.74, 6) is -2.28. The lowest BCUT2D eigenvalue weighted by Crippen LogP contribution is -2.36. The molecule has 0 radical (unpaired) electrons. The van der Waals surface area contributed by atoms with E-state index in [2.05, 4.69) is 15.3 Å². The number of ether oxygens (including phenoxy) is 1. The number of aromatic nitrogens is 2. The summed E-state index contributed by atoms with van der Waals surface area (Å²) in [7, 11) is 0. The molecule has 1 atom stereocenters. The van der Waals surface area contributed by atoms with E-state index in [4.69, 9.17) is 14.3 Å². The van der Waals surface area contributed by atoms with Crippen LogP contribution < -0.4 is 10.9 Å². The summed E-state index contributed by atoms with van der Waals surface area (Å²) in [6.07, 6.45) is 1.09. The average molecular weight is 335 g/mol. The third-order valence-corrected chi connectivity index (χ3v) is 3.53. The minimum Gasteiger partial charge on any atom is -0.480 e. The van der Waals surface area contributed by atoms with Gasteiger partial charge in [-0.3, -0.25) is 14.4 Å². The number of fused-ring (bicyclic) bond motifs is 1. The molecule has 3 heterocycles. The summed E-state index contributed by atoms with van der Waals surface area (Å²) in [4.78, 5) is 41.5. The number of oxazole rings is 1. The molecule has 24 heavy (non-hydrogen) atoms. The van der Waals surface area contributed by atoms with Crippen LogP contribution in [0.5, 0.6) is 0 Å². The number of amides is 1. The van der Waals surface area contributed by atoms with Crippen LogP contribution in [0.1, 0.15) is 39.2 Å². The zero-order valence-electron chi connectivity index (χ0n) is 12.2. The minimum atomic E-state index is -1.47. The number of carboxylic acids is 1. The molecule has 1 aliphatic rings. The molecule has 2 aromatic heterocycles. The predicted molar refractivity (Wildman–Crippen MR) is 76.1 cm³/mol. The largest absolute Gasteiger partial charge is 0.480 e. The van der Waals surface area contributed by atoms with E-state index in [0.29, 0.717) is 11.3 Å². The van der Waals surface area contributed by atoms with Gasteiger partial charge in [-0.2, -0.15) is 0 Å². The van der Waals surface area contributed by atoms with Crippen LogP contribution in [-0.4, -0.2) is 38.6 Å². The molecular weight excluding hydrogens is 322 g/mol. The SMILES string of the molecule is O=C(O)CNC(=O)c1c(C(O)c2ncco2)c2c([nH]c1=O)COC2. The van der Waals surface area contributed by atoms with Crippen molar-refractivity contribution >= 4 is 11.9 Å². The molecule has 126 valence electrons. The van der Waals surface area contributed by atoms with Gasteiger partial charge in [-0.1, -0.05) is 0 Å². The molecule has 10 heteroatoms. The summed E-state index contributed by atoms with van der Waals surface area (Å²) in [6, 6.07) is 0. The number of hydrogen-bond acceptors (Lipinski definition) is 7. The summed E-state index contributed by atoms with van der Waals surface area (Å²) >= 11 is 0. The third kappa shape index (κ3) is 2.79. The number of aliphatic carboxylic acids is 1. The molecule has 0 aliphatic carbocycles. The van der Waals surface area contributed by atoms with Crippen molar-refractivity contribution in [1.29, 1.82) is 0 Å². The Morgan fingerprint density at radius 2 is 2.21 bits per heavy atom. The van der Waals surface area contributed by atoms with Crippen molar-refractivity contribution in [2.45, 2.75) is 19.3 Å². The minimum absolute atomic E-state index is 0.00316. The van der Waals surface area contributed by atoms with Crippen molar-refractivity contribution in [3.05, 3.63) is 51.1 Å². The van der Waals surface area contributed by atoms with Crippen molar-refractivity contribution in [2.75, 3.05) is 6.54 Å². The highest BCUT2D eigenvalue weighted by molar-refractivity contribution is 5.97. The van der Waals surface area contributed by atoms with Crippen LogP contribution in [0.25, 0.3) is 0 Å². The monoisotopic (exact) mass is 335 g/mol. The summed E-state index contributed by atoms with van der Waals surface area (Å²) in [6.45, 7) is -0.453. The summed E-state index contributed by atoms with van der Waals surface area (Å²) in [5.41, 5.74) is -0.276. The van der Waals surface area contributed by atoms with Gasteiger partial charge in [0.2, 0.25) is 5.89 Å². The predicted octanol–water partition coefficient (Wildman–Crippen LogP) is -0.711. The van der Waals surface area contributed by atoms with Crippen molar-refractivity contribution in [3.63, 3.8) is 0 Å². The number of carbonyl (C=O) groups is 2. The number of aliphatic hydroxyl groups is 1. The Morgan fingerprint density at radius 1 is 1.42 bits per heavy atom. The van der Waals surface area contributed by atoms with E-state index in [-0.39, 0.29) is 24.7 Å². The Morgan fingerprint density at radius 3 is 2.88 bits per heavy atom. The highest BCUT2D eigenvalue weighted by Crippen LogP contribution is 2.31. The van der Waals surface area contributed by atoms with E-state index in [9.17, 15) is 19.5 Å². The second-order valence-electron chi connectivity index (χ2n) is 5.04. The van der Waals surface area contributed by atoms with Gasteiger partial charge in [-0.25, -0.2) is 4.98 Å². The Hall–Kier alpha value is -2.98. The number of pyridine rings is 1. The number of rotatable bonds is 5. The van der Waals surface area contributed by atoms with Gasteiger partial charge in [-0.05, 0) is 0 Å². The van der Waals surface area contributed by atoms with E-state index < -0.39 is 35.6 Å². The number of nitrogens with zero attached hydrogens (tertiary/aromatic N) is 1. The first-order valence-electron chi connectivity index (χ1n) is 6.92. The summed E-state index contributed by atoms with van der Waals surface area (Å²) < 4.78 is 10.3. The maximum atomic E-state index is 12.3. The smallest absolute Gasteiger partial charge is 0.322 e. The Bertz CT molecular complexity index is 841. The number of H-pyrrole nitrogens is 1. The maximum absolute atomic E-state index is 12.3. The van der Waals surface area contributed by atoms with Crippen LogP contribution in [0.2, 0.25) is 0 Å². The molecule has 1 aliphatic heterocycles. The first kappa shape index (κ1) is 15.9. The second kappa shape index (κ2) is 6.26. The van der Waals surface area contributed by atoms with Gasteiger partial charge in [0.05, 0.1) is 19.4 Å². The highest BCUT2D eigenvalue weighted by atomic mass is 16.5. The number of aliphatic hydroxyl groups excluding tert-OH is 1. The first-order valence-corrected chi connectivity index (χ1v) is 6.92. The van der Waals surface area contributed by atoms with Crippen molar-refractivity contribution in [2.24, 2.45) is 0 Å². The average Bonchev–Trinajstić information content (AvgIpc) is 3.21. The lowest BCUT2D eigenvalue weighted by Gasteiger charge is -2.16. The fourth-order valence-electron chi connectivity index (χ4n) is 2.52. The lowest BCUT2D eigenvalue weighted by atomic mass is 9.96. The third-order valence-electron chi connectivity index (χ3n) is 3.53. The van der Waals surface area contributed by atoms with Crippen LogP contribution in [0, 0.1) is 0 Å². The standard InChI is InChI=1S/C14H13N3O7/c18-8(19)3-16-12(21)10-9(11(20)14-15-1-2-24-14)6-4-23-5-7(6)17-13(10)22/h1-2,11,20H,3-5H2,(H,16,21)(H,17,22)(H,18,19). The number of hydrogen-bond donors (Lipinski definition) is 4. The molecule has 0 saturated carbocycles. The second-order valence-corrected chi connectivity index (χ2v) is 5.04. The topological polar surface area (TPSA) is 155 Å². The van der Waals surface area contributed by atoms with Gasteiger partial charge in [0, 0.05) is 16.8 Å². The van der Waals surface area contributed by atoms with Gasteiger partial charge in [-0.15, -0.1) is 0 Å². The fraction of sp³-hybridized carbons (Fsp3) is 0.286. The van der Waals surface area contributed by atoms with E-state index in [0.717, 1.165) is 0 Å². The first-order chi connectivity index (χ1) is 11.5. The molecule has 10 nitrogen and oxygen atoms in total. The van der Waals surface area contributed by atoms with Gasteiger partial charge < -0.3 is 29.7 Å². The molecule has 0 spiro atoms. The molecule has 0 bridgehead atoms. The van der Waals surface area contributed by atoms with Crippen LogP contribution in [0.15, 0.2) is 21.7 Å². The van der Waals surface area contributed by atoms with Crippen LogP contribution >= 0.6 is 0 Å². The van der Waals surface area contributed by atoms with E-state index in [1.165, 1.54) is 12.5 Å². The lowest BCUT2D eigenvalue weighted by molar-refractivity contribution is -0.135. The van der Waals surface area contributed by atoms with E-state index in [1.54, 1.807) is 0 Å². The molecule has 0 fully saturated rings. The molecule has 4 N–H and O–H groups in total. The van der Waals surface area contributed by atoms with Crippen molar-refractivity contribution in [3.8, 4) is 0 Å². The van der Waals surface area contributed by atoms with Gasteiger partial charge in [0.1, 0.15) is 18.4 Å². The molecule has 2 aromatic rings. The van der Waals surface area contributed by atoms with Gasteiger partial charge >= 0.3 is 5.97 Å². The highest BCUT2D eigenvalue weighted by Gasteiger charge is 2.32. The molecule has 3 rings (SSSR count). The number of nitrogens with one attached hydrogen (secondary N) is 2. The maximum Gasteiger partial charge on any atom is 0.322 e. The van der Waals surface area contributed by atoms with Crippen molar-refractivity contribution < 1.29 is 29.0 Å². The Balaban J connectivity index is 2.12. The van der Waals surface area contributed by atoms with Crippen LogP contribution in [0.3, 0.4) is 0 Å². The van der Waals surface area contributed by atoms with Gasteiger partial charge in [0.15, 0.2) is 6.10 Å². The van der Waals surface area contributed by atoms with E-state index >= 15 is 0 Å². The Kier molecular flexibility index (Phi) is 4.15. The molecule has 1 unspecified atom stereocenters. The van der Waals surface area contributed by atoms with Gasteiger partial charge in [0.25, 0.3) is 11.5 Å². The zero-order chi connectivity index (χ0) is 17.3. The zero-order valence-corrected chi connectivity index (χ0v) is 12.2. The quantitative estimate of drug-likeness (QED) is 0.558. The Labute approximate surface area is 134 Å². The number of carboxylic acid groups (broad SMARTS) is 1. The normalized spacial score (nSPS) is 14.2. The van der Waals surface area contributed by atoms with Crippen LogP contribution in [-0.2, 0) is 22.7 Å². The van der Waals surface area contributed by atoms with Crippen LogP contribution in [0.4, 0.5) is 0 Å². The van der Waals surface area contributed by atoms with E-state index in [1.807, 2.05) is 0 Å². The summed E-state index contributed by atoms with van der Waals surface area (Å²) in [5, 5.41) is 21.3. The molecular formula is C14H13N3O7.